The highest BCUT2D eigenvalue weighted by atomic mass is 35.5. The summed E-state index contributed by atoms with van der Waals surface area (Å²) in [6.45, 7) is 19.8. The van der Waals surface area contributed by atoms with Gasteiger partial charge in [-0.05, 0) is 35.8 Å². The monoisotopic (exact) mass is 786 g/mol. The smallest absolute Gasteiger partial charge is 0.423 e. The summed E-state index contributed by atoms with van der Waals surface area (Å²) in [5, 5.41) is -1.60. The van der Waals surface area contributed by atoms with E-state index in [2.05, 4.69) is 0 Å². The van der Waals surface area contributed by atoms with Crippen LogP contribution in [0.4, 0.5) is 0 Å². The summed E-state index contributed by atoms with van der Waals surface area (Å²) in [6.07, 6.45) is 1.34. The van der Waals surface area contributed by atoms with E-state index in [4.69, 9.17) is 88.6 Å². The van der Waals surface area contributed by atoms with Gasteiger partial charge in [-0.1, -0.05) is 139 Å². The Morgan fingerprint density at radius 1 is 0.542 bits per heavy atom. The molecular formula is C34H40Cl6O8. The summed E-state index contributed by atoms with van der Waals surface area (Å²) < 4.78 is 21.6. The van der Waals surface area contributed by atoms with Gasteiger partial charge in [0.1, 0.15) is 11.1 Å². The quantitative estimate of drug-likeness (QED) is 0.101. The normalized spacial score (nSPS) is 14.4. The molecule has 0 aliphatic carbocycles. The van der Waals surface area contributed by atoms with Gasteiger partial charge in [-0.15, -0.1) is 0 Å². The molecule has 2 aromatic carbocycles. The summed E-state index contributed by atoms with van der Waals surface area (Å²) in [6, 6.07) is 2.24. The molecule has 2 aromatic rings. The molecular weight excluding hydrogens is 749 g/mol. The molecule has 0 saturated heterocycles. The van der Waals surface area contributed by atoms with Gasteiger partial charge in [0.2, 0.25) is 0 Å². The summed E-state index contributed by atoms with van der Waals surface area (Å²) >= 11 is 37.6. The number of rotatable bonds is 10. The van der Waals surface area contributed by atoms with Crippen LogP contribution in [0.3, 0.4) is 0 Å². The van der Waals surface area contributed by atoms with Crippen molar-refractivity contribution in [1.82, 2.24) is 0 Å². The maximum absolute atomic E-state index is 13.3. The van der Waals surface area contributed by atoms with Crippen molar-refractivity contribution in [3.63, 3.8) is 0 Å². The Bertz CT molecular complexity index is 1480. The fourth-order valence-electron chi connectivity index (χ4n) is 4.28. The van der Waals surface area contributed by atoms with Gasteiger partial charge in [-0.25, -0.2) is 19.2 Å². The number of hydrogen-bond donors (Lipinski definition) is 0. The molecule has 0 N–H and O–H groups in total. The van der Waals surface area contributed by atoms with Crippen LogP contribution in [0.15, 0.2) is 12.1 Å². The average Bonchev–Trinajstić information content (AvgIpc) is 2.98. The number of benzene rings is 2. The molecule has 0 amide bonds. The molecule has 0 fully saturated rings. The number of hydrogen-bond acceptors (Lipinski definition) is 8. The lowest BCUT2D eigenvalue weighted by Crippen LogP contribution is -2.37. The van der Waals surface area contributed by atoms with Gasteiger partial charge in [0.05, 0.1) is 43.3 Å². The third-order valence-electron chi connectivity index (χ3n) is 9.44. The molecule has 0 bridgehead atoms. The lowest BCUT2D eigenvalue weighted by molar-refractivity contribution is -0.156. The molecule has 2 atom stereocenters. The van der Waals surface area contributed by atoms with Gasteiger partial charge in [0.25, 0.3) is 0 Å². The fraction of sp³-hybridized carbons (Fsp3) is 0.529. The van der Waals surface area contributed by atoms with Crippen molar-refractivity contribution in [1.29, 1.82) is 0 Å². The van der Waals surface area contributed by atoms with Crippen molar-refractivity contribution in [2.45, 2.75) is 82.1 Å². The standard InChI is InChI=1S/C34H40Cl6O8/c1-11-33(9,31(3,4)5)15-45-27(41)21-23(39)17(35)13-19(37)25(21)47-29(43)30(44)48-26-20(38)14-18(36)24(40)22(26)28(42)46-16-34(10,12-2)32(6,7)8/h13-14H,11-12,15-16H2,1-10H3. The van der Waals surface area contributed by atoms with E-state index < -0.39 is 57.3 Å². The van der Waals surface area contributed by atoms with Crippen LogP contribution in [0.5, 0.6) is 11.5 Å². The molecule has 2 unspecified atom stereocenters. The van der Waals surface area contributed by atoms with E-state index in [9.17, 15) is 19.2 Å². The molecule has 2 rings (SSSR count). The molecule has 0 saturated carbocycles. The van der Waals surface area contributed by atoms with E-state index in [1.54, 1.807) is 0 Å². The second-order valence-electron chi connectivity index (χ2n) is 14.0. The Kier molecular flexibility index (Phi) is 14.0. The van der Waals surface area contributed by atoms with E-state index in [-0.39, 0.29) is 54.2 Å². The van der Waals surface area contributed by atoms with E-state index in [0.29, 0.717) is 12.8 Å². The summed E-state index contributed by atoms with van der Waals surface area (Å²) in [7, 11) is 0. The molecule has 48 heavy (non-hydrogen) atoms. The number of halogens is 6. The third-order valence-corrected chi connectivity index (χ3v) is 11.6. The molecule has 0 aliphatic rings. The maximum atomic E-state index is 13.3. The molecule has 14 heteroatoms. The highest BCUT2D eigenvalue weighted by molar-refractivity contribution is 6.47. The third kappa shape index (κ3) is 9.23. The van der Waals surface area contributed by atoms with Crippen molar-refractivity contribution in [3.8, 4) is 11.5 Å². The van der Waals surface area contributed by atoms with Gasteiger partial charge in [-0.2, -0.15) is 0 Å². The molecule has 0 spiro atoms. The Hall–Kier alpha value is -1.94. The van der Waals surface area contributed by atoms with Crippen molar-refractivity contribution >= 4 is 93.5 Å². The average molecular weight is 789 g/mol. The van der Waals surface area contributed by atoms with E-state index >= 15 is 0 Å². The minimum Gasteiger partial charge on any atom is -0.461 e. The van der Waals surface area contributed by atoms with Gasteiger partial charge >= 0.3 is 23.9 Å². The van der Waals surface area contributed by atoms with Crippen LogP contribution in [0, 0.1) is 21.7 Å². The highest BCUT2D eigenvalue weighted by Gasteiger charge is 2.40. The summed E-state index contributed by atoms with van der Waals surface area (Å²) in [5.74, 6) is -6.54. The summed E-state index contributed by atoms with van der Waals surface area (Å²) in [5.41, 5.74) is -2.38. The summed E-state index contributed by atoms with van der Waals surface area (Å²) in [4.78, 5) is 52.9. The highest BCUT2D eigenvalue weighted by Crippen LogP contribution is 2.45. The van der Waals surface area contributed by atoms with Crippen LogP contribution >= 0.6 is 69.6 Å². The van der Waals surface area contributed by atoms with Gasteiger partial charge < -0.3 is 18.9 Å². The van der Waals surface area contributed by atoms with Crippen LogP contribution < -0.4 is 9.47 Å². The predicted octanol–water partition coefficient (Wildman–Crippen LogP) is 11.4. The van der Waals surface area contributed by atoms with Crippen molar-refractivity contribution in [2.75, 3.05) is 13.2 Å². The first kappa shape index (κ1) is 42.2. The predicted molar refractivity (Wildman–Crippen MR) is 190 cm³/mol. The molecule has 266 valence electrons. The largest absolute Gasteiger partial charge is 0.461 e. The van der Waals surface area contributed by atoms with Crippen LogP contribution in [-0.4, -0.2) is 37.1 Å². The van der Waals surface area contributed by atoms with Crippen molar-refractivity contribution < 1.29 is 38.1 Å². The van der Waals surface area contributed by atoms with E-state index in [0.717, 1.165) is 12.1 Å². The second-order valence-corrected chi connectivity index (χ2v) is 16.4. The first-order chi connectivity index (χ1) is 21.9. The minimum atomic E-state index is -1.66. The molecule has 0 aliphatic heterocycles. The van der Waals surface area contributed by atoms with Gasteiger partial charge in [0.15, 0.2) is 11.5 Å². The van der Waals surface area contributed by atoms with Crippen LogP contribution in [0.1, 0.15) is 103 Å². The zero-order valence-electron chi connectivity index (χ0n) is 28.5. The number of carbonyl (C=O) groups is 4. The van der Waals surface area contributed by atoms with Crippen LogP contribution in [0.25, 0.3) is 0 Å². The number of esters is 4. The topological polar surface area (TPSA) is 105 Å². The first-order valence-corrected chi connectivity index (χ1v) is 17.3. The minimum absolute atomic E-state index is 0.0242. The SMILES string of the molecule is CCC(C)(COC(=O)c1c(Cl)c(Cl)cc(Cl)c1OC(=O)C(=O)Oc1c(Cl)cc(Cl)c(Cl)c1C(=O)OCC(C)(CC)C(C)(C)C)C(C)(C)C. The molecule has 8 nitrogen and oxygen atoms in total. The van der Waals surface area contributed by atoms with E-state index in [1.165, 1.54) is 0 Å². The van der Waals surface area contributed by atoms with Crippen molar-refractivity contribution in [2.24, 2.45) is 21.7 Å². The lowest BCUT2D eigenvalue weighted by Gasteiger charge is -2.40. The Balaban J connectivity index is 2.45. The van der Waals surface area contributed by atoms with Gasteiger partial charge in [-0.3, -0.25) is 0 Å². The van der Waals surface area contributed by atoms with Crippen molar-refractivity contribution in [3.05, 3.63) is 53.4 Å². The zero-order valence-corrected chi connectivity index (χ0v) is 33.1. The Morgan fingerprint density at radius 2 is 0.833 bits per heavy atom. The fourth-order valence-corrected chi connectivity index (χ4v) is 5.72. The van der Waals surface area contributed by atoms with Crippen LogP contribution in [0.2, 0.25) is 30.1 Å². The lowest BCUT2D eigenvalue weighted by atomic mass is 9.67. The molecule has 0 aromatic heterocycles. The van der Waals surface area contributed by atoms with E-state index in [1.807, 2.05) is 69.2 Å². The second kappa shape index (κ2) is 15.9. The maximum Gasteiger partial charge on any atom is 0.423 e. The van der Waals surface area contributed by atoms with Gasteiger partial charge in [0, 0.05) is 10.8 Å². The zero-order chi connectivity index (χ0) is 37.2. The Labute approximate surface area is 311 Å². The molecule has 0 heterocycles. The Morgan fingerprint density at radius 3 is 1.08 bits per heavy atom. The van der Waals surface area contributed by atoms with Crippen LogP contribution in [-0.2, 0) is 19.1 Å². The molecule has 0 radical (unpaired) electrons. The number of ether oxygens (including phenoxy) is 4. The first-order valence-electron chi connectivity index (χ1n) is 15.0. The number of carbonyl (C=O) groups excluding carboxylic acids is 4.